The predicted octanol–water partition coefficient (Wildman–Crippen LogP) is 2.14. The summed E-state index contributed by atoms with van der Waals surface area (Å²) in [5, 5.41) is 9.59. The third-order valence-corrected chi connectivity index (χ3v) is 10.7. The molecule has 2 N–H and O–H groups in total. The van der Waals surface area contributed by atoms with Gasteiger partial charge in [0.05, 0.1) is 0 Å². The number of hydrogen-bond donors (Lipinski definition) is 2. The number of ether oxygens (including phenoxy) is 1. The molecule has 0 bridgehead atoms. The molecule has 0 radical (unpaired) electrons. The lowest BCUT2D eigenvalue weighted by Gasteiger charge is -2.43. The average Bonchev–Trinajstić information content (AvgIpc) is 2.82. The lowest BCUT2D eigenvalue weighted by molar-refractivity contribution is -0.194. The summed E-state index contributed by atoms with van der Waals surface area (Å²) in [6.07, 6.45) is 0.173. The van der Waals surface area contributed by atoms with Gasteiger partial charge in [0, 0.05) is 18.2 Å². The van der Waals surface area contributed by atoms with E-state index in [0.29, 0.717) is 0 Å². The van der Waals surface area contributed by atoms with E-state index in [1.54, 1.807) is 13.8 Å². The fourth-order valence-corrected chi connectivity index (χ4v) is 6.88. The maximum absolute atomic E-state index is 15.2. The zero-order valence-corrected chi connectivity index (χ0v) is 17.0. The number of hydrogen-bond acceptors (Lipinski definition) is 5. The number of nitrogens with one attached hydrogen (secondary N) is 1. The van der Waals surface area contributed by atoms with Crippen LogP contribution in [0.3, 0.4) is 0 Å². The van der Waals surface area contributed by atoms with E-state index in [2.05, 4.69) is 25.8 Å². The number of alkyl halides is 1. The molecule has 1 aromatic rings. The number of nitrogens with zero attached hydrogens (tertiary/aromatic N) is 1. The summed E-state index contributed by atoms with van der Waals surface area (Å²) < 4.78 is 28.5. The summed E-state index contributed by atoms with van der Waals surface area (Å²) in [5.74, 6) is -3.16. The predicted molar refractivity (Wildman–Crippen MR) is 98.2 cm³/mol. The van der Waals surface area contributed by atoms with Gasteiger partial charge in [0.15, 0.2) is 14.5 Å². The van der Waals surface area contributed by atoms with Gasteiger partial charge in [-0.3, -0.25) is 14.3 Å². The number of rotatable bonds is 7. The second kappa shape index (κ2) is 7.38. The van der Waals surface area contributed by atoms with Gasteiger partial charge in [-0.15, -0.1) is 0 Å². The standard InChI is InChI=1S/C17H29FN2O5Si/c1-6-26(7-2,8-3)25-16(5)12(4)17(18,11-21)24-14(16)20-10-9-13(22)19-15(20)23/h9-10,12,14,21H,6-8,11H2,1-5H3,(H,19,22,23)/t12-,14+,16+,17+/m0/s1. The summed E-state index contributed by atoms with van der Waals surface area (Å²) >= 11 is 0. The van der Waals surface area contributed by atoms with Gasteiger partial charge >= 0.3 is 5.69 Å². The van der Waals surface area contributed by atoms with Crippen molar-refractivity contribution in [2.24, 2.45) is 5.92 Å². The summed E-state index contributed by atoms with van der Waals surface area (Å²) in [4.78, 5) is 25.8. The van der Waals surface area contributed by atoms with Gasteiger partial charge in [-0.1, -0.05) is 27.7 Å². The van der Waals surface area contributed by atoms with Crippen molar-refractivity contribution in [3.63, 3.8) is 0 Å². The van der Waals surface area contributed by atoms with E-state index in [1.165, 1.54) is 12.3 Å². The minimum absolute atomic E-state index is 0.548. The Morgan fingerprint density at radius 2 is 1.92 bits per heavy atom. The molecule has 9 heteroatoms. The highest BCUT2D eigenvalue weighted by Gasteiger charge is 2.63. The Labute approximate surface area is 153 Å². The molecule has 26 heavy (non-hydrogen) atoms. The zero-order valence-electron chi connectivity index (χ0n) is 16.0. The lowest BCUT2D eigenvalue weighted by Crippen LogP contribution is -2.53. The second-order valence-electron chi connectivity index (χ2n) is 7.18. The molecule has 1 aliphatic rings. The first-order valence-corrected chi connectivity index (χ1v) is 11.6. The van der Waals surface area contributed by atoms with E-state index in [9.17, 15) is 14.7 Å². The van der Waals surface area contributed by atoms with E-state index in [4.69, 9.17) is 9.16 Å². The minimum atomic E-state index is -2.34. The van der Waals surface area contributed by atoms with Crippen LogP contribution in [0.1, 0.15) is 40.8 Å². The second-order valence-corrected chi connectivity index (χ2v) is 11.9. The third kappa shape index (κ3) is 3.33. The quantitative estimate of drug-likeness (QED) is 0.698. The number of aliphatic hydroxyl groups excluding tert-OH is 1. The van der Waals surface area contributed by atoms with Gasteiger partial charge in [0.2, 0.25) is 5.85 Å². The molecule has 0 aliphatic carbocycles. The van der Waals surface area contributed by atoms with E-state index >= 15 is 4.39 Å². The van der Waals surface area contributed by atoms with Crippen molar-refractivity contribution >= 4 is 8.32 Å². The van der Waals surface area contributed by atoms with Gasteiger partial charge in [-0.25, -0.2) is 9.18 Å². The minimum Gasteiger partial charge on any atom is -0.407 e. The van der Waals surface area contributed by atoms with E-state index < -0.39 is 49.8 Å². The van der Waals surface area contributed by atoms with Gasteiger partial charge in [0.25, 0.3) is 5.56 Å². The molecule has 148 valence electrons. The molecule has 0 spiro atoms. The zero-order chi connectivity index (χ0) is 19.8. The molecule has 7 nitrogen and oxygen atoms in total. The van der Waals surface area contributed by atoms with Gasteiger partial charge < -0.3 is 14.3 Å². The van der Waals surface area contributed by atoms with Crippen LogP contribution in [0, 0.1) is 5.92 Å². The largest absolute Gasteiger partial charge is 0.407 e. The number of halogens is 1. The van der Waals surface area contributed by atoms with E-state index in [0.717, 1.165) is 22.7 Å². The Kier molecular flexibility index (Phi) is 5.96. The van der Waals surface area contributed by atoms with Crippen molar-refractivity contribution in [2.45, 2.75) is 70.4 Å². The number of aromatic amines is 1. The highest BCUT2D eigenvalue weighted by molar-refractivity contribution is 6.73. The van der Waals surface area contributed by atoms with Crippen LogP contribution < -0.4 is 11.2 Å². The van der Waals surface area contributed by atoms with E-state index in [-0.39, 0.29) is 0 Å². The van der Waals surface area contributed by atoms with Crippen molar-refractivity contribution in [1.82, 2.24) is 9.55 Å². The fourth-order valence-electron chi connectivity index (χ4n) is 3.74. The molecule has 2 heterocycles. The molecule has 1 aliphatic heterocycles. The number of H-pyrrole nitrogens is 1. The van der Waals surface area contributed by atoms with Crippen molar-refractivity contribution in [3.8, 4) is 0 Å². The maximum atomic E-state index is 15.2. The Bertz CT molecular complexity index is 741. The Morgan fingerprint density at radius 3 is 2.38 bits per heavy atom. The molecule has 1 saturated heterocycles. The fraction of sp³-hybridized carbons (Fsp3) is 0.765. The molecule has 2 rings (SSSR count). The Morgan fingerprint density at radius 1 is 1.35 bits per heavy atom. The molecular formula is C17H29FN2O5Si. The molecule has 4 atom stereocenters. The van der Waals surface area contributed by atoms with Gasteiger partial charge in [-0.2, -0.15) is 0 Å². The highest BCUT2D eigenvalue weighted by atomic mass is 28.4. The van der Waals surface area contributed by atoms with Gasteiger partial charge in [0.1, 0.15) is 12.2 Å². The van der Waals surface area contributed by atoms with Crippen LogP contribution in [0.5, 0.6) is 0 Å². The third-order valence-electron chi connectivity index (χ3n) is 5.99. The van der Waals surface area contributed by atoms with Crippen molar-refractivity contribution in [3.05, 3.63) is 33.1 Å². The molecule has 0 aromatic carbocycles. The van der Waals surface area contributed by atoms with Crippen LogP contribution in [-0.2, 0) is 9.16 Å². The summed E-state index contributed by atoms with van der Waals surface area (Å²) in [7, 11) is -2.19. The summed E-state index contributed by atoms with van der Waals surface area (Å²) in [5.41, 5.74) is -2.43. The molecule has 1 aromatic heterocycles. The molecular weight excluding hydrogens is 359 g/mol. The topological polar surface area (TPSA) is 93.6 Å². The van der Waals surface area contributed by atoms with Crippen LogP contribution in [0.15, 0.2) is 21.9 Å². The molecule has 0 unspecified atom stereocenters. The Balaban J connectivity index is 2.60. The first-order valence-electron chi connectivity index (χ1n) is 9.10. The SMILES string of the molecule is CC[Si](CC)(CC)O[C@@]1(C)[C@H](n2ccc(=O)[nH]c2=O)O[C@](F)(CO)[C@H]1C. The van der Waals surface area contributed by atoms with Crippen molar-refractivity contribution in [2.75, 3.05) is 6.61 Å². The van der Waals surface area contributed by atoms with E-state index in [1.807, 2.05) is 0 Å². The first-order chi connectivity index (χ1) is 12.1. The normalized spacial score (nSPS) is 32.1. The average molecular weight is 389 g/mol. The van der Waals surface area contributed by atoms with Gasteiger partial charge in [-0.05, 0) is 25.1 Å². The highest BCUT2D eigenvalue weighted by Crippen LogP contribution is 2.52. The van der Waals surface area contributed by atoms with Crippen LogP contribution in [0.2, 0.25) is 18.1 Å². The first kappa shape index (κ1) is 21.0. The maximum Gasteiger partial charge on any atom is 0.330 e. The van der Waals surface area contributed by atoms with Crippen LogP contribution >= 0.6 is 0 Å². The summed E-state index contributed by atoms with van der Waals surface area (Å²) in [6, 6.07) is 3.70. The van der Waals surface area contributed by atoms with Crippen LogP contribution in [-0.4, -0.2) is 41.0 Å². The monoisotopic (exact) mass is 388 g/mol. The van der Waals surface area contributed by atoms with Crippen molar-refractivity contribution < 1.29 is 18.7 Å². The Hall–Kier alpha value is -1.29. The van der Waals surface area contributed by atoms with Crippen molar-refractivity contribution in [1.29, 1.82) is 0 Å². The molecule has 0 amide bonds. The number of aromatic nitrogens is 2. The number of aliphatic hydroxyl groups is 1. The molecule has 1 fully saturated rings. The van der Waals surface area contributed by atoms with Crippen LogP contribution in [0.4, 0.5) is 4.39 Å². The lowest BCUT2D eigenvalue weighted by atomic mass is 9.87. The molecule has 0 saturated carbocycles. The summed E-state index contributed by atoms with van der Waals surface area (Å²) in [6.45, 7) is 8.66. The smallest absolute Gasteiger partial charge is 0.330 e. The van der Waals surface area contributed by atoms with Crippen LogP contribution in [0.25, 0.3) is 0 Å².